The fourth-order valence-corrected chi connectivity index (χ4v) is 2.70. The number of alkyl halides is 5. The fourth-order valence-electron chi connectivity index (χ4n) is 2.70. The summed E-state index contributed by atoms with van der Waals surface area (Å²) in [6.07, 6.45) is 0.670. The lowest BCUT2D eigenvalue weighted by molar-refractivity contribution is -0.284. The SMILES string of the molecule is CCCCCCCCCC(CCCC(F)(F)C(F)(F)F)C(=O)OCC. The van der Waals surface area contributed by atoms with Gasteiger partial charge in [0, 0.05) is 6.42 Å². The highest BCUT2D eigenvalue weighted by molar-refractivity contribution is 5.72. The van der Waals surface area contributed by atoms with Crippen LogP contribution in [-0.2, 0) is 9.53 Å². The van der Waals surface area contributed by atoms with Crippen molar-refractivity contribution in [2.75, 3.05) is 6.61 Å². The van der Waals surface area contributed by atoms with Crippen LogP contribution in [0.5, 0.6) is 0 Å². The summed E-state index contributed by atoms with van der Waals surface area (Å²) >= 11 is 0. The number of esters is 1. The second-order valence-electron chi connectivity index (χ2n) is 6.45. The van der Waals surface area contributed by atoms with E-state index in [0.29, 0.717) is 6.42 Å². The highest BCUT2D eigenvalue weighted by Crippen LogP contribution is 2.39. The molecule has 0 aromatic carbocycles. The molecule has 0 fully saturated rings. The average molecular weight is 374 g/mol. The normalized spacial score (nSPS) is 13.7. The van der Waals surface area contributed by atoms with Crippen LogP contribution in [0.4, 0.5) is 22.0 Å². The molecular formula is C18H31F5O2. The van der Waals surface area contributed by atoms with Gasteiger partial charge >= 0.3 is 18.1 Å². The first-order valence-electron chi connectivity index (χ1n) is 9.26. The van der Waals surface area contributed by atoms with Gasteiger partial charge in [0.05, 0.1) is 12.5 Å². The predicted molar refractivity (Wildman–Crippen MR) is 87.6 cm³/mol. The van der Waals surface area contributed by atoms with Gasteiger partial charge in [-0.1, -0.05) is 51.9 Å². The van der Waals surface area contributed by atoms with Crippen LogP contribution >= 0.6 is 0 Å². The van der Waals surface area contributed by atoms with Crippen molar-refractivity contribution in [2.24, 2.45) is 5.92 Å². The third kappa shape index (κ3) is 10.6. The van der Waals surface area contributed by atoms with Crippen molar-refractivity contribution >= 4 is 5.97 Å². The average Bonchev–Trinajstić information content (AvgIpc) is 2.51. The van der Waals surface area contributed by atoms with Gasteiger partial charge in [0.1, 0.15) is 0 Å². The zero-order valence-corrected chi connectivity index (χ0v) is 15.3. The number of unbranched alkanes of at least 4 members (excludes halogenated alkanes) is 6. The Balaban J connectivity index is 4.25. The largest absolute Gasteiger partial charge is 0.466 e. The molecule has 0 aliphatic carbocycles. The van der Waals surface area contributed by atoms with Gasteiger partial charge in [-0.3, -0.25) is 4.79 Å². The van der Waals surface area contributed by atoms with Crippen LogP contribution in [0.2, 0.25) is 0 Å². The lowest BCUT2D eigenvalue weighted by Gasteiger charge is -2.21. The Morgan fingerprint density at radius 2 is 1.36 bits per heavy atom. The van der Waals surface area contributed by atoms with Gasteiger partial charge in [0.25, 0.3) is 0 Å². The summed E-state index contributed by atoms with van der Waals surface area (Å²) < 4.78 is 67.3. The van der Waals surface area contributed by atoms with E-state index in [1.807, 2.05) is 0 Å². The molecule has 0 aromatic heterocycles. The number of rotatable bonds is 14. The van der Waals surface area contributed by atoms with Crippen molar-refractivity contribution < 1.29 is 31.5 Å². The molecule has 0 radical (unpaired) electrons. The molecule has 0 saturated carbocycles. The highest BCUT2D eigenvalue weighted by Gasteiger charge is 2.56. The second-order valence-corrected chi connectivity index (χ2v) is 6.45. The lowest BCUT2D eigenvalue weighted by Crippen LogP contribution is -2.36. The maximum absolute atomic E-state index is 12.9. The summed E-state index contributed by atoms with van der Waals surface area (Å²) in [6.45, 7) is 3.94. The molecule has 0 amide bonds. The molecule has 0 rings (SSSR count). The smallest absolute Gasteiger partial charge is 0.453 e. The van der Waals surface area contributed by atoms with E-state index in [-0.39, 0.29) is 19.4 Å². The maximum Gasteiger partial charge on any atom is 0.453 e. The zero-order valence-electron chi connectivity index (χ0n) is 15.3. The monoisotopic (exact) mass is 374 g/mol. The van der Waals surface area contributed by atoms with E-state index in [1.54, 1.807) is 6.92 Å². The molecule has 7 heteroatoms. The minimum atomic E-state index is -5.54. The number of hydrogen-bond acceptors (Lipinski definition) is 2. The molecule has 2 nitrogen and oxygen atoms in total. The third-order valence-electron chi connectivity index (χ3n) is 4.23. The quantitative estimate of drug-likeness (QED) is 0.193. The summed E-state index contributed by atoms with van der Waals surface area (Å²) in [5.74, 6) is -5.80. The second kappa shape index (κ2) is 12.5. The first kappa shape index (κ1) is 24.1. The lowest BCUT2D eigenvalue weighted by atomic mass is 9.94. The molecule has 0 saturated heterocycles. The van der Waals surface area contributed by atoms with E-state index in [4.69, 9.17) is 4.74 Å². The predicted octanol–water partition coefficient (Wildman–Crippen LogP) is 6.67. The summed E-state index contributed by atoms with van der Waals surface area (Å²) in [5, 5.41) is 0. The molecule has 0 heterocycles. The van der Waals surface area contributed by atoms with Crippen LogP contribution in [0, 0.1) is 5.92 Å². The molecule has 0 aliphatic heterocycles. The Labute approximate surface area is 147 Å². The van der Waals surface area contributed by atoms with E-state index in [0.717, 1.165) is 32.1 Å². The minimum absolute atomic E-state index is 0.000335. The van der Waals surface area contributed by atoms with E-state index >= 15 is 0 Å². The summed E-state index contributed by atoms with van der Waals surface area (Å²) in [4.78, 5) is 11.9. The summed E-state index contributed by atoms with van der Waals surface area (Å²) in [6, 6.07) is 0. The summed E-state index contributed by atoms with van der Waals surface area (Å²) in [5.41, 5.74) is 0. The number of carbonyl (C=O) groups is 1. The van der Waals surface area contributed by atoms with Crippen molar-refractivity contribution in [3.63, 3.8) is 0 Å². The maximum atomic E-state index is 12.9. The van der Waals surface area contributed by atoms with Crippen molar-refractivity contribution in [3.8, 4) is 0 Å². The highest BCUT2D eigenvalue weighted by atomic mass is 19.4. The van der Waals surface area contributed by atoms with Gasteiger partial charge in [-0.05, 0) is 26.2 Å². The van der Waals surface area contributed by atoms with Crippen molar-refractivity contribution in [3.05, 3.63) is 0 Å². The molecule has 1 unspecified atom stereocenters. The van der Waals surface area contributed by atoms with Gasteiger partial charge in [-0.25, -0.2) is 0 Å². The first-order valence-corrected chi connectivity index (χ1v) is 9.26. The zero-order chi connectivity index (χ0) is 19.3. The van der Waals surface area contributed by atoms with Gasteiger partial charge in [0.2, 0.25) is 0 Å². The standard InChI is InChI=1S/C18H31F5O2/c1-3-5-6-7-8-9-10-12-15(16(24)25-4-2)13-11-14-17(19,20)18(21,22)23/h15H,3-14H2,1-2H3. The van der Waals surface area contributed by atoms with Crippen molar-refractivity contribution in [1.82, 2.24) is 0 Å². The van der Waals surface area contributed by atoms with Crippen LogP contribution < -0.4 is 0 Å². The molecule has 0 aliphatic rings. The van der Waals surface area contributed by atoms with Crippen LogP contribution in [0.1, 0.15) is 84.5 Å². The molecule has 1 atom stereocenters. The Hall–Kier alpha value is -0.880. The van der Waals surface area contributed by atoms with Crippen LogP contribution in [0.15, 0.2) is 0 Å². The molecule has 0 N–H and O–H groups in total. The van der Waals surface area contributed by atoms with Gasteiger partial charge in [-0.15, -0.1) is 0 Å². The van der Waals surface area contributed by atoms with Crippen molar-refractivity contribution in [2.45, 2.75) is 96.6 Å². The molecule has 0 aromatic rings. The topological polar surface area (TPSA) is 26.3 Å². The van der Waals surface area contributed by atoms with Gasteiger partial charge < -0.3 is 4.74 Å². The Bertz CT molecular complexity index is 356. The molecule has 150 valence electrons. The molecule has 0 spiro atoms. The van der Waals surface area contributed by atoms with Crippen LogP contribution in [0.3, 0.4) is 0 Å². The van der Waals surface area contributed by atoms with E-state index in [1.165, 1.54) is 12.8 Å². The Kier molecular flexibility index (Phi) is 12.0. The molecular weight excluding hydrogens is 343 g/mol. The molecule has 0 bridgehead atoms. The van der Waals surface area contributed by atoms with E-state index in [2.05, 4.69) is 6.92 Å². The fraction of sp³-hybridized carbons (Fsp3) is 0.944. The van der Waals surface area contributed by atoms with E-state index < -0.39 is 30.4 Å². The number of ether oxygens (including phenoxy) is 1. The number of carbonyl (C=O) groups excluding carboxylic acids is 1. The first-order chi connectivity index (χ1) is 11.7. The summed E-state index contributed by atoms with van der Waals surface area (Å²) in [7, 11) is 0. The van der Waals surface area contributed by atoms with Crippen LogP contribution in [0.25, 0.3) is 0 Å². The minimum Gasteiger partial charge on any atom is -0.466 e. The van der Waals surface area contributed by atoms with Crippen LogP contribution in [-0.4, -0.2) is 24.7 Å². The Morgan fingerprint density at radius 3 is 1.88 bits per heavy atom. The van der Waals surface area contributed by atoms with E-state index in [9.17, 15) is 26.7 Å². The number of halogens is 5. The number of hydrogen-bond donors (Lipinski definition) is 0. The van der Waals surface area contributed by atoms with Crippen molar-refractivity contribution in [1.29, 1.82) is 0 Å². The van der Waals surface area contributed by atoms with Gasteiger partial charge in [-0.2, -0.15) is 22.0 Å². The van der Waals surface area contributed by atoms with Gasteiger partial charge in [0.15, 0.2) is 0 Å². The molecule has 25 heavy (non-hydrogen) atoms. The third-order valence-corrected chi connectivity index (χ3v) is 4.23. The Morgan fingerprint density at radius 1 is 0.840 bits per heavy atom.